The third-order valence-corrected chi connectivity index (χ3v) is 5.18. The molecule has 1 fully saturated rings. The molecule has 0 spiro atoms. The van der Waals surface area contributed by atoms with Crippen LogP contribution in [0.15, 0.2) is 57.7 Å². The van der Waals surface area contributed by atoms with E-state index in [0.717, 1.165) is 6.54 Å². The first-order valence-corrected chi connectivity index (χ1v) is 9.22. The molecule has 1 aromatic heterocycles. The first kappa shape index (κ1) is 17.4. The molecule has 0 N–H and O–H groups in total. The van der Waals surface area contributed by atoms with E-state index in [1.807, 2.05) is 17.0 Å². The monoisotopic (exact) mass is 365 g/mol. The lowest BCUT2D eigenvalue weighted by Crippen LogP contribution is -2.54. The lowest BCUT2D eigenvalue weighted by Gasteiger charge is -2.41. The summed E-state index contributed by atoms with van der Waals surface area (Å²) in [5.41, 5.74) is 3.58. The van der Waals surface area contributed by atoms with Crippen molar-refractivity contribution in [1.29, 1.82) is 0 Å². The predicted molar refractivity (Wildman–Crippen MR) is 105 cm³/mol. The summed E-state index contributed by atoms with van der Waals surface area (Å²) in [4.78, 5) is 29.1. The van der Waals surface area contributed by atoms with Crippen LogP contribution in [0.4, 0.5) is 5.69 Å². The lowest BCUT2D eigenvalue weighted by molar-refractivity contribution is -0.132. The molecule has 0 saturated carbocycles. The van der Waals surface area contributed by atoms with E-state index in [0.29, 0.717) is 24.2 Å². The topological polar surface area (TPSA) is 58.7 Å². The van der Waals surface area contributed by atoms with Crippen LogP contribution in [0.25, 0.3) is 11.1 Å². The Kier molecular flexibility index (Phi) is 4.48. The molecular formula is C21H23N3O3. The van der Waals surface area contributed by atoms with Gasteiger partial charge in [-0.25, -0.2) is 4.79 Å². The minimum absolute atomic E-state index is 0.00696. The summed E-state index contributed by atoms with van der Waals surface area (Å²) in [6.45, 7) is 6.27. The fraction of sp³-hybridized carbons (Fsp3) is 0.333. The second kappa shape index (κ2) is 6.95. The molecule has 1 aliphatic heterocycles. The molecule has 1 amide bonds. The number of carbonyl (C=O) groups excluding carboxylic acids is 1. The van der Waals surface area contributed by atoms with Crippen molar-refractivity contribution < 1.29 is 9.21 Å². The third kappa shape index (κ3) is 3.35. The van der Waals surface area contributed by atoms with Gasteiger partial charge in [-0.1, -0.05) is 24.3 Å². The summed E-state index contributed by atoms with van der Waals surface area (Å²) in [5.74, 6) is -0.546. The van der Waals surface area contributed by atoms with Crippen LogP contribution in [0.5, 0.6) is 0 Å². The Bertz CT molecular complexity index is 1040. The quantitative estimate of drug-likeness (QED) is 0.716. The molecule has 4 rings (SSSR count). The van der Waals surface area contributed by atoms with E-state index in [1.165, 1.54) is 15.8 Å². The van der Waals surface area contributed by atoms with Crippen molar-refractivity contribution >= 4 is 22.7 Å². The highest BCUT2D eigenvalue weighted by atomic mass is 16.4. The lowest BCUT2D eigenvalue weighted by atomic mass is 10.1. The third-order valence-electron chi connectivity index (χ3n) is 5.18. The molecule has 0 unspecified atom stereocenters. The van der Waals surface area contributed by atoms with E-state index in [-0.39, 0.29) is 18.5 Å². The van der Waals surface area contributed by atoms with Crippen molar-refractivity contribution in [1.82, 2.24) is 9.47 Å². The van der Waals surface area contributed by atoms with Crippen LogP contribution in [0.2, 0.25) is 0 Å². The number of hydrogen-bond donors (Lipinski definition) is 0. The van der Waals surface area contributed by atoms with Crippen LogP contribution >= 0.6 is 0 Å². The number of anilines is 1. The number of piperazine rings is 1. The largest absolute Gasteiger partial charge is 0.420 e. The van der Waals surface area contributed by atoms with Crippen molar-refractivity contribution in [2.75, 3.05) is 24.5 Å². The number of benzene rings is 2. The number of fused-ring (bicyclic) bond motifs is 1. The minimum atomic E-state index is -0.490. The van der Waals surface area contributed by atoms with Crippen molar-refractivity contribution in [3.8, 4) is 0 Å². The smallest absolute Gasteiger partial charge is 0.408 e. The Morgan fingerprint density at radius 2 is 1.96 bits per heavy atom. The highest BCUT2D eigenvalue weighted by Gasteiger charge is 2.27. The first-order chi connectivity index (χ1) is 13.0. The summed E-state index contributed by atoms with van der Waals surface area (Å²) in [6.07, 6.45) is 0. The zero-order chi connectivity index (χ0) is 19.0. The molecule has 6 heteroatoms. The molecule has 0 radical (unpaired) electrons. The molecule has 6 nitrogen and oxygen atoms in total. The Labute approximate surface area is 157 Å². The SMILES string of the molecule is Cc1cccc(N2CCN(C(=O)Cn3c(=O)oc4ccccc43)C[C@@H]2C)c1. The van der Waals surface area contributed by atoms with Crippen molar-refractivity contribution in [3.63, 3.8) is 0 Å². The number of carbonyl (C=O) groups is 1. The number of amides is 1. The van der Waals surface area contributed by atoms with E-state index < -0.39 is 5.76 Å². The van der Waals surface area contributed by atoms with Crippen LogP contribution < -0.4 is 10.7 Å². The average Bonchev–Trinajstić information content (AvgIpc) is 2.97. The Hall–Kier alpha value is -3.02. The summed E-state index contributed by atoms with van der Waals surface area (Å²) >= 11 is 0. The van der Waals surface area contributed by atoms with Gasteiger partial charge in [0.15, 0.2) is 5.58 Å². The summed E-state index contributed by atoms with van der Waals surface area (Å²) < 4.78 is 6.63. The van der Waals surface area contributed by atoms with E-state index in [1.54, 1.807) is 12.1 Å². The number of oxazole rings is 1. The Balaban J connectivity index is 1.48. The van der Waals surface area contributed by atoms with Gasteiger partial charge >= 0.3 is 5.76 Å². The van der Waals surface area contributed by atoms with Crippen molar-refractivity contribution in [2.45, 2.75) is 26.4 Å². The maximum Gasteiger partial charge on any atom is 0.420 e. The van der Waals surface area contributed by atoms with Crippen LogP contribution in [-0.2, 0) is 11.3 Å². The number of aryl methyl sites for hydroxylation is 1. The molecule has 140 valence electrons. The zero-order valence-electron chi connectivity index (χ0n) is 15.6. The van der Waals surface area contributed by atoms with Crippen LogP contribution in [-0.4, -0.2) is 41.1 Å². The maximum atomic E-state index is 12.8. The van der Waals surface area contributed by atoms with Gasteiger partial charge in [0.25, 0.3) is 0 Å². The molecule has 2 aromatic carbocycles. The molecule has 2 heterocycles. The standard InChI is InChI=1S/C21H23N3O3/c1-15-6-5-7-17(12-15)23-11-10-22(13-16(23)2)20(25)14-24-18-8-3-4-9-19(18)27-21(24)26/h3-9,12,16H,10-11,13-14H2,1-2H3/t16-/m0/s1. The normalized spacial score (nSPS) is 17.5. The predicted octanol–water partition coefficient (Wildman–Crippen LogP) is 2.64. The van der Waals surface area contributed by atoms with Gasteiger partial charge in [-0.15, -0.1) is 0 Å². The van der Waals surface area contributed by atoms with Gasteiger partial charge in [0.2, 0.25) is 5.91 Å². The Morgan fingerprint density at radius 3 is 2.74 bits per heavy atom. The number of rotatable bonds is 3. The number of hydrogen-bond acceptors (Lipinski definition) is 4. The molecule has 1 saturated heterocycles. The van der Waals surface area contributed by atoms with Gasteiger partial charge in [-0.05, 0) is 43.7 Å². The average molecular weight is 365 g/mol. The second-order valence-corrected chi connectivity index (χ2v) is 7.14. The molecule has 1 aliphatic rings. The summed E-state index contributed by atoms with van der Waals surface area (Å²) in [5, 5.41) is 0. The molecule has 27 heavy (non-hydrogen) atoms. The van der Waals surface area contributed by atoms with E-state index >= 15 is 0 Å². The summed E-state index contributed by atoms with van der Waals surface area (Å²) in [6, 6.07) is 15.8. The van der Waals surface area contributed by atoms with E-state index in [4.69, 9.17) is 4.42 Å². The number of para-hydroxylation sites is 2. The summed E-state index contributed by atoms with van der Waals surface area (Å²) in [7, 11) is 0. The van der Waals surface area contributed by atoms with Crippen LogP contribution in [0, 0.1) is 6.92 Å². The van der Waals surface area contributed by atoms with Gasteiger partial charge in [-0.2, -0.15) is 0 Å². The number of aromatic nitrogens is 1. The first-order valence-electron chi connectivity index (χ1n) is 9.22. The second-order valence-electron chi connectivity index (χ2n) is 7.14. The molecule has 1 atom stereocenters. The van der Waals surface area contributed by atoms with Gasteiger partial charge in [-0.3, -0.25) is 9.36 Å². The maximum absolute atomic E-state index is 12.8. The van der Waals surface area contributed by atoms with Crippen molar-refractivity contribution in [2.24, 2.45) is 0 Å². The fourth-order valence-corrected chi connectivity index (χ4v) is 3.77. The van der Waals surface area contributed by atoms with Crippen molar-refractivity contribution in [3.05, 3.63) is 64.6 Å². The zero-order valence-corrected chi connectivity index (χ0v) is 15.6. The minimum Gasteiger partial charge on any atom is -0.408 e. The molecule has 0 bridgehead atoms. The van der Waals surface area contributed by atoms with Gasteiger partial charge < -0.3 is 14.2 Å². The molecular weight excluding hydrogens is 342 g/mol. The number of nitrogens with zero attached hydrogens (tertiary/aromatic N) is 3. The molecule has 3 aromatic rings. The Morgan fingerprint density at radius 1 is 1.15 bits per heavy atom. The van der Waals surface area contributed by atoms with Crippen LogP contribution in [0.3, 0.4) is 0 Å². The fourth-order valence-electron chi connectivity index (χ4n) is 3.77. The highest BCUT2D eigenvalue weighted by molar-refractivity contribution is 5.80. The van der Waals surface area contributed by atoms with E-state index in [9.17, 15) is 9.59 Å². The van der Waals surface area contributed by atoms with Gasteiger partial charge in [0.05, 0.1) is 5.52 Å². The highest BCUT2D eigenvalue weighted by Crippen LogP contribution is 2.22. The van der Waals surface area contributed by atoms with Gasteiger partial charge in [0, 0.05) is 31.4 Å². The van der Waals surface area contributed by atoms with Gasteiger partial charge in [0.1, 0.15) is 6.54 Å². The van der Waals surface area contributed by atoms with E-state index in [2.05, 4.69) is 43.0 Å². The molecule has 0 aliphatic carbocycles. The van der Waals surface area contributed by atoms with Crippen LogP contribution in [0.1, 0.15) is 12.5 Å².